The number of phosphoric ester groups is 1. The SMILES string of the molecule is CCCCCCCCCCCCCCCCCCCCCCCCCCCCCCCCCCCCCC(=O)OC(COC(=O)CCCCCCCCCCCCCCCCCCCCCCCCCCC)COP(=O)(O)OCC[N+](C)(C)C. The summed E-state index contributed by atoms with van der Waals surface area (Å²) < 4.78 is 34.8. The molecule has 9 nitrogen and oxygen atoms in total. The zero-order chi connectivity index (χ0) is 61.2. The Hall–Kier alpha value is -0.990. The Bertz CT molecular complexity index is 1370. The molecule has 0 aromatic rings. The zero-order valence-corrected chi connectivity index (χ0v) is 58.3. The molecule has 0 aliphatic rings. The summed E-state index contributed by atoms with van der Waals surface area (Å²) in [4.78, 5) is 35.9. The molecule has 0 fully saturated rings. The largest absolute Gasteiger partial charge is 0.472 e. The van der Waals surface area contributed by atoms with Crippen LogP contribution in [0.2, 0.25) is 0 Å². The molecule has 2 unspecified atom stereocenters. The molecular weight excluding hydrogens is 1060 g/mol. The van der Waals surface area contributed by atoms with Gasteiger partial charge in [0.1, 0.15) is 19.8 Å². The lowest BCUT2D eigenvalue weighted by Gasteiger charge is -2.24. The van der Waals surface area contributed by atoms with Crippen molar-refractivity contribution in [3.8, 4) is 0 Å². The van der Waals surface area contributed by atoms with Gasteiger partial charge in [0.15, 0.2) is 6.10 Å². The highest BCUT2D eigenvalue weighted by Gasteiger charge is 2.27. The Morgan fingerprint density at radius 1 is 0.321 bits per heavy atom. The average Bonchev–Trinajstić information content (AvgIpc) is 3.61. The predicted octanol–water partition coefficient (Wildman–Crippen LogP) is 24.5. The fraction of sp³-hybridized carbons (Fsp3) is 0.973. The van der Waals surface area contributed by atoms with Gasteiger partial charge in [-0.2, -0.15) is 0 Å². The number of esters is 2. The van der Waals surface area contributed by atoms with E-state index in [2.05, 4.69) is 13.8 Å². The number of carbonyl (C=O) groups is 2. The smallest absolute Gasteiger partial charge is 0.462 e. The van der Waals surface area contributed by atoms with E-state index in [4.69, 9.17) is 18.5 Å². The summed E-state index contributed by atoms with van der Waals surface area (Å²) in [5.41, 5.74) is 0. The van der Waals surface area contributed by atoms with E-state index < -0.39 is 26.5 Å². The molecule has 0 saturated carbocycles. The van der Waals surface area contributed by atoms with Crippen LogP contribution in [0.3, 0.4) is 0 Å². The quantitative estimate of drug-likeness (QED) is 0.0278. The van der Waals surface area contributed by atoms with Gasteiger partial charge in [0, 0.05) is 12.8 Å². The maximum absolute atomic E-state index is 12.9. The van der Waals surface area contributed by atoms with Gasteiger partial charge in [0.05, 0.1) is 27.7 Å². The minimum Gasteiger partial charge on any atom is -0.462 e. The molecule has 502 valence electrons. The fourth-order valence-corrected chi connectivity index (χ4v) is 12.6. The van der Waals surface area contributed by atoms with Crippen LogP contribution in [0.5, 0.6) is 0 Å². The summed E-state index contributed by atoms with van der Waals surface area (Å²) in [6.07, 6.45) is 81.0. The molecule has 0 aliphatic heterocycles. The normalized spacial score (nSPS) is 13.0. The summed E-state index contributed by atoms with van der Waals surface area (Å²) in [6.45, 7) is 4.54. The second-order valence-electron chi connectivity index (χ2n) is 27.4. The fourth-order valence-electron chi connectivity index (χ4n) is 11.8. The van der Waals surface area contributed by atoms with E-state index in [-0.39, 0.29) is 25.6 Å². The van der Waals surface area contributed by atoms with E-state index in [1.165, 1.54) is 347 Å². The molecule has 0 aromatic carbocycles. The van der Waals surface area contributed by atoms with E-state index in [9.17, 15) is 19.0 Å². The molecular formula is C74H149NO8P+. The van der Waals surface area contributed by atoms with Crippen molar-refractivity contribution < 1.29 is 42.1 Å². The first kappa shape index (κ1) is 83.0. The Labute approximate surface area is 524 Å². The van der Waals surface area contributed by atoms with Gasteiger partial charge in [-0.05, 0) is 12.8 Å². The van der Waals surface area contributed by atoms with E-state index in [1.807, 2.05) is 21.1 Å². The Morgan fingerprint density at radius 3 is 0.762 bits per heavy atom. The lowest BCUT2D eigenvalue weighted by molar-refractivity contribution is -0.870. The Kier molecular flexibility index (Phi) is 65.6. The molecule has 0 saturated heterocycles. The molecule has 0 amide bonds. The van der Waals surface area contributed by atoms with Gasteiger partial charge in [-0.3, -0.25) is 18.6 Å². The van der Waals surface area contributed by atoms with E-state index in [1.54, 1.807) is 0 Å². The Balaban J connectivity index is 3.91. The number of rotatable bonds is 72. The monoisotopic (exact) mass is 1210 g/mol. The van der Waals surface area contributed by atoms with Crippen LogP contribution >= 0.6 is 7.82 Å². The topological polar surface area (TPSA) is 108 Å². The van der Waals surface area contributed by atoms with Crippen LogP contribution in [0, 0.1) is 0 Å². The number of unbranched alkanes of at least 4 members (excludes halogenated alkanes) is 58. The van der Waals surface area contributed by atoms with Crippen molar-refractivity contribution in [1.82, 2.24) is 0 Å². The molecule has 0 heterocycles. The van der Waals surface area contributed by atoms with E-state index in [0.29, 0.717) is 17.4 Å². The minimum absolute atomic E-state index is 0.0378. The van der Waals surface area contributed by atoms with E-state index >= 15 is 0 Å². The third kappa shape index (κ3) is 70.1. The first-order chi connectivity index (χ1) is 41.0. The summed E-state index contributed by atoms with van der Waals surface area (Å²) in [6, 6.07) is 0. The van der Waals surface area contributed by atoms with Crippen molar-refractivity contribution >= 4 is 19.8 Å². The molecule has 1 N–H and O–H groups in total. The van der Waals surface area contributed by atoms with Gasteiger partial charge in [0.2, 0.25) is 0 Å². The van der Waals surface area contributed by atoms with Crippen LogP contribution in [0.25, 0.3) is 0 Å². The minimum atomic E-state index is -4.39. The van der Waals surface area contributed by atoms with Gasteiger partial charge < -0.3 is 18.9 Å². The van der Waals surface area contributed by atoms with Crippen LogP contribution in [-0.4, -0.2) is 74.9 Å². The average molecular weight is 1210 g/mol. The second kappa shape index (κ2) is 66.4. The van der Waals surface area contributed by atoms with Crippen LogP contribution < -0.4 is 0 Å². The first-order valence-electron chi connectivity index (χ1n) is 37.8. The van der Waals surface area contributed by atoms with Gasteiger partial charge in [-0.15, -0.1) is 0 Å². The third-order valence-electron chi connectivity index (χ3n) is 17.6. The number of carbonyl (C=O) groups excluding carboxylic acids is 2. The second-order valence-corrected chi connectivity index (χ2v) is 28.9. The van der Waals surface area contributed by atoms with Crippen LogP contribution in [0.1, 0.15) is 412 Å². The molecule has 84 heavy (non-hydrogen) atoms. The standard InChI is InChI=1S/C74H148NO8P/c1-6-8-10-12-14-16-18-20-22-24-26-28-30-32-33-34-35-36-37-38-39-40-41-43-45-47-49-51-53-55-57-59-61-63-65-67-74(77)83-72(71-82-84(78,79)81-69-68-75(3,4)5)70-80-73(76)66-64-62-60-58-56-54-52-50-48-46-44-42-31-29-27-25-23-21-19-17-15-13-11-9-7-2/h72H,6-71H2,1-5H3/p+1. The van der Waals surface area contributed by atoms with Crippen molar-refractivity contribution in [2.45, 2.75) is 418 Å². The van der Waals surface area contributed by atoms with Crippen molar-refractivity contribution in [2.24, 2.45) is 0 Å². The number of nitrogens with zero attached hydrogens (tertiary/aromatic N) is 1. The van der Waals surface area contributed by atoms with Gasteiger partial charge >= 0.3 is 19.8 Å². The highest BCUT2D eigenvalue weighted by atomic mass is 31.2. The molecule has 0 rings (SSSR count). The van der Waals surface area contributed by atoms with Crippen molar-refractivity contribution in [1.29, 1.82) is 0 Å². The van der Waals surface area contributed by atoms with Gasteiger partial charge in [0.25, 0.3) is 0 Å². The number of ether oxygens (including phenoxy) is 2. The predicted molar refractivity (Wildman–Crippen MR) is 363 cm³/mol. The van der Waals surface area contributed by atoms with E-state index in [0.717, 1.165) is 38.5 Å². The van der Waals surface area contributed by atoms with Gasteiger partial charge in [-0.1, -0.05) is 386 Å². The third-order valence-corrected chi connectivity index (χ3v) is 18.6. The van der Waals surface area contributed by atoms with Crippen LogP contribution in [-0.2, 0) is 32.7 Å². The number of hydrogen-bond donors (Lipinski definition) is 1. The lowest BCUT2D eigenvalue weighted by Crippen LogP contribution is -2.37. The van der Waals surface area contributed by atoms with Crippen LogP contribution in [0.4, 0.5) is 0 Å². The number of likely N-dealkylation sites (N-methyl/N-ethyl adjacent to an activating group) is 1. The Morgan fingerprint density at radius 2 is 0.536 bits per heavy atom. The maximum atomic E-state index is 12.9. The molecule has 2 atom stereocenters. The van der Waals surface area contributed by atoms with Gasteiger partial charge in [-0.25, -0.2) is 4.57 Å². The summed E-state index contributed by atoms with van der Waals surface area (Å²) in [5, 5.41) is 0. The summed E-state index contributed by atoms with van der Waals surface area (Å²) in [5.74, 6) is -0.766. The summed E-state index contributed by atoms with van der Waals surface area (Å²) >= 11 is 0. The highest BCUT2D eigenvalue weighted by molar-refractivity contribution is 7.47. The molecule has 0 aliphatic carbocycles. The number of quaternary nitrogens is 1. The van der Waals surface area contributed by atoms with Crippen LogP contribution in [0.15, 0.2) is 0 Å². The maximum Gasteiger partial charge on any atom is 0.472 e. The molecule has 10 heteroatoms. The zero-order valence-electron chi connectivity index (χ0n) is 57.4. The molecule has 0 aromatic heterocycles. The highest BCUT2D eigenvalue weighted by Crippen LogP contribution is 2.43. The number of phosphoric acid groups is 1. The molecule has 0 bridgehead atoms. The molecule has 0 radical (unpaired) electrons. The lowest BCUT2D eigenvalue weighted by atomic mass is 10.0. The van der Waals surface area contributed by atoms with Crippen molar-refractivity contribution in [3.05, 3.63) is 0 Å². The molecule has 0 spiro atoms. The first-order valence-corrected chi connectivity index (χ1v) is 39.3. The van der Waals surface area contributed by atoms with Crippen molar-refractivity contribution in [2.75, 3.05) is 47.5 Å². The number of hydrogen-bond acceptors (Lipinski definition) is 7. The van der Waals surface area contributed by atoms with Crippen molar-refractivity contribution in [3.63, 3.8) is 0 Å². The summed E-state index contributed by atoms with van der Waals surface area (Å²) in [7, 11) is 1.51.